The molecule has 0 aromatic heterocycles. The van der Waals surface area contributed by atoms with Crippen molar-refractivity contribution in [2.75, 3.05) is 13.2 Å². The highest BCUT2D eigenvalue weighted by Gasteiger charge is 2.69. The zero-order valence-electron chi connectivity index (χ0n) is 18.2. The van der Waals surface area contributed by atoms with E-state index in [1.807, 2.05) is 0 Å². The number of aliphatic hydroxyl groups is 2. The third-order valence-corrected chi connectivity index (χ3v) is 5.53. The van der Waals surface area contributed by atoms with Gasteiger partial charge in [-0.1, -0.05) is 36.4 Å². The predicted octanol–water partition coefficient (Wildman–Crippen LogP) is 1.67. The molecule has 1 unspecified atom stereocenters. The molecule has 33 heavy (non-hydrogen) atoms. The lowest BCUT2D eigenvalue weighted by molar-refractivity contribution is -0.258. The first kappa shape index (κ1) is 23.3. The highest BCUT2D eigenvalue weighted by atomic mass is 16.8. The van der Waals surface area contributed by atoms with Crippen LogP contribution in [-0.4, -0.2) is 71.4 Å². The van der Waals surface area contributed by atoms with Gasteiger partial charge in [-0.25, -0.2) is 9.59 Å². The van der Waals surface area contributed by atoms with Gasteiger partial charge in [0.25, 0.3) is 0 Å². The van der Waals surface area contributed by atoms with Crippen molar-refractivity contribution in [1.82, 2.24) is 0 Å². The molecule has 4 rings (SSSR count). The van der Waals surface area contributed by atoms with Gasteiger partial charge < -0.3 is 33.9 Å². The molecule has 2 heterocycles. The van der Waals surface area contributed by atoms with Crippen molar-refractivity contribution in [3.8, 4) is 0 Å². The van der Waals surface area contributed by atoms with Gasteiger partial charge in [0, 0.05) is 0 Å². The molecule has 0 spiro atoms. The standard InChI is InChI=1S/C24H26O9/c1-23(2)32-19-18(17(26)13-25)30-22(31-21(28)16-11-7-4-8-12-16)24(19,33-23)14-29-20(27)15-9-5-3-6-10-15/h3-12,17-19,22,25-26H,13-14H2,1-2H3/t17-,18-,19+,22?,24+/m1/s1. The van der Waals surface area contributed by atoms with Gasteiger partial charge in [0.2, 0.25) is 6.29 Å². The van der Waals surface area contributed by atoms with Crippen LogP contribution in [0.2, 0.25) is 0 Å². The molecule has 2 aliphatic rings. The molecule has 2 fully saturated rings. The second kappa shape index (κ2) is 9.20. The number of rotatable bonds is 7. The Labute approximate surface area is 190 Å². The summed E-state index contributed by atoms with van der Waals surface area (Å²) in [6.45, 7) is 2.29. The lowest BCUT2D eigenvalue weighted by atomic mass is 9.93. The maximum absolute atomic E-state index is 12.8. The van der Waals surface area contributed by atoms with E-state index >= 15 is 0 Å². The second-order valence-corrected chi connectivity index (χ2v) is 8.39. The molecule has 2 N–H and O–H groups in total. The van der Waals surface area contributed by atoms with Gasteiger partial charge in [-0.15, -0.1) is 0 Å². The Hall–Kier alpha value is -2.82. The van der Waals surface area contributed by atoms with Crippen molar-refractivity contribution >= 4 is 11.9 Å². The average Bonchev–Trinajstić information content (AvgIpc) is 3.26. The molecule has 2 saturated heterocycles. The van der Waals surface area contributed by atoms with E-state index in [2.05, 4.69) is 0 Å². The molecular formula is C24H26O9. The summed E-state index contributed by atoms with van der Waals surface area (Å²) in [5.74, 6) is -2.48. The van der Waals surface area contributed by atoms with E-state index in [-0.39, 0.29) is 12.2 Å². The van der Waals surface area contributed by atoms with Crippen LogP contribution in [0.1, 0.15) is 34.6 Å². The second-order valence-electron chi connectivity index (χ2n) is 8.39. The first-order valence-electron chi connectivity index (χ1n) is 10.6. The molecule has 0 radical (unpaired) electrons. The van der Waals surface area contributed by atoms with Crippen molar-refractivity contribution in [2.45, 2.75) is 49.8 Å². The zero-order chi connectivity index (χ0) is 23.6. The highest BCUT2D eigenvalue weighted by molar-refractivity contribution is 5.90. The van der Waals surface area contributed by atoms with E-state index in [1.165, 1.54) is 0 Å². The summed E-state index contributed by atoms with van der Waals surface area (Å²) >= 11 is 0. The summed E-state index contributed by atoms with van der Waals surface area (Å²) in [6.07, 6.45) is -4.82. The van der Waals surface area contributed by atoms with E-state index in [9.17, 15) is 19.8 Å². The van der Waals surface area contributed by atoms with Crippen LogP contribution in [0.3, 0.4) is 0 Å². The molecule has 2 aromatic rings. The van der Waals surface area contributed by atoms with Gasteiger partial charge in [0.1, 0.15) is 24.9 Å². The number of hydrogen-bond acceptors (Lipinski definition) is 9. The Morgan fingerprint density at radius 1 is 1.00 bits per heavy atom. The molecule has 176 valence electrons. The van der Waals surface area contributed by atoms with Crippen molar-refractivity contribution in [3.05, 3.63) is 71.8 Å². The smallest absolute Gasteiger partial charge is 0.340 e. The van der Waals surface area contributed by atoms with Gasteiger partial charge in [0.15, 0.2) is 11.4 Å². The molecule has 2 aliphatic heterocycles. The molecule has 0 bridgehead atoms. The molecule has 9 heteroatoms. The van der Waals surface area contributed by atoms with Crippen LogP contribution in [0, 0.1) is 0 Å². The molecular weight excluding hydrogens is 432 g/mol. The first-order chi connectivity index (χ1) is 15.8. The summed E-state index contributed by atoms with van der Waals surface area (Å²) in [5.41, 5.74) is -0.968. The number of benzene rings is 2. The van der Waals surface area contributed by atoms with Gasteiger partial charge in [0.05, 0.1) is 17.7 Å². The quantitative estimate of drug-likeness (QED) is 0.597. The Morgan fingerprint density at radius 3 is 2.15 bits per heavy atom. The van der Waals surface area contributed by atoms with E-state index in [0.717, 1.165) is 0 Å². The number of fused-ring (bicyclic) bond motifs is 1. The number of carbonyl (C=O) groups excluding carboxylic acids is 2. The summed E-state index contributed by atoms with van der Waals surface area (Å²) < 4.78 is 29.1. The van der Waals surface area contributed by atoms with Crippen LogP contribution in [0.15, 0.2) is 60.7 Å². The van der Waals surface area contributed by atoms with Crippen LogP contribution in [0.4, 0.5) is 0 Å². The van der Waals surface area contributed by atoms with E-state index in [4.69, 9.17) is 23.7 Å². The first-order valence-corrected chi connectivity index (χ1v) is 10.6. The number of hydrogen-bond donors (Lipinski definition) is 2. The van der Waals surface area contributed by atoms with E-state index in [1.54, 1.807) is 74.5 Å². The Balaban J connectivity index is 1.63. The Kier molecular flexibility index (Phi) is 6.51. The Bertz CT molecular complexity index is 978. The van der Waals surface area contributed by atoms with Crippen molar-refractivity contribution in [3.63, 3.8) is 0 Å². The fourth-order valence-corrected chi connectivity index (χ4v) is 4.08. The van der Waals surface area contributed by atoms with Gasteiger partial charge in [-0.3, -0.25) is 0 Å². The number of aliphatic hydroxyl groups excluding tert-OH is 2. The minimum atomic E-state index is -1.57. The number of ether oxygens (including phenoxy) is 5. The SMILES string of the molecule is CC1(C)O[C@H]2[C@@H]([C@H](O)CO)OC(OC(=O)c3ccccc3)[C@@]2(COC(=O)c2ccccc2)O1. The van der Waals surface area contributed by atoms with Gasteiger partial charge in [-0.2, -0.15) is 0 Å². The monoisotopic (exact) mass is 458 g/mol. The third kappa shape index (κ3) is 4.64. The lowest BCUT2D eigenvalue weighted by Crippen LogP contribution is -2.53. The summed E-state index contributed by atoms with van der Waals surface area (Å²) in [6, 6.07) is 16.7. The molecule has 0 aliphatic carbocycles. The van der Waals surface area contributed by atoms with Crippen molar-refractivity contribution in [2.24, 2.45) is 0 Å². The van der Waals surface area contributed by atoms with E-state index in [0.29, 0.717) is 5.56 Å². The van der Waals surface area contributed by atoms with Crippen LogP contribution in [0.5, 0.6) is 0 Å². The van der Waals surface area contributed by atoms with Crippen molar-refractivity contribution in [1.29, 1.82) is 0 Å². The highest BCUT2D eigenvalue weighted by Crippen LogP contribution is 2.48. The predicted molar refractivity (Wildman–Crippen MR) is 113 cm³/mol. The average molecular weight is 458 g/mol. The Morgan fingerprint density at radius 2 is 1.58 bits per heavy atom. The normalized spacial score (nSPS) is 28.7. The maximum Gasteiger partial charge on any atom is 0.340 e. The summed E-state index contributed by atoms with van der Waals surface area (Å²) in [7, 11) is 0. The molecule has 5 atom stereocenters. The summed E-state index contributed by atoms with van der Waals surface area (Å²) in [5, 5.41) is 19.9. The van der Waals surface area contributed by atoms with Crippen LogP contribution >= 0.6 is 0 Å². The zero-order valence-corrected chi connectivity index (χ0v) is 18.2. The van der Waals surface area contributed by atoms with Crippen LogP contribution in [-0.2, 0) is 23.7 Å². The summed E-state index contributed by atoms with van der Waals surface area (Å²) in [4.78, 5) is 25.4. The molecule has 0 saturated carbocycles. The molecule has 9 nitrogen and oxygen atoms in total. The van der Waals surface area contributed by atoms with Crippen molar-refractivity contribution < 1.29 is 43.5 Å². The largest absolute Gasteiger partial charge is 0.459 e. The van der Waals surface area contributed by atoms with Crippen LogP contribution < -0.4 is 0 Å². The molecule has 2 aromatic carbocycles. The third-order valence-electron chi connectivity index (χ3n) is 5.53. The van der Waals surface area contributed by atoms with E-state index < -0.39 is 54.5 Å². The fourth-order valence-electron chi connectivity index (χ4n) is 4.08. The molecule has 0 amide bonds. The van der Waals surface area contributed by atoms with Gasteiger partial charge in [-0.05, 0) is 38.1 Å². The number of esters is 2. The topological polar surface area (TPSA) is 121 Å². The minimum Gasteiger partial charge on any atom is -0.459 e. The van der Waals surface area contributed by atoms with Gasteiger partial charge >= 0.3 is 11.9 Å². The fraction of sp³-hybridized carbons (Fsp3) is 0.417. The maximum atomic E-state index is 12.8. The minimum absolute atomic E-state index is 0.276. The number of carbonyl (C=O) groups is 2. The lowest BCUT2D eigenvalue weighted by Gasteiger charge is -2.31. The van der Waals surface area contributed by atoms with Crippen LogP contribution in [0.25, 0.3) is 0 Å².